The van der Waals surface area contributed by atoms with Crippen LogP contribution in [-0.4, -0.2) is 6.54 Å². The molecule has 0 aliphatic heterocycles. The van der Waals surface area contributed by atoms with Crippen molar-refractivity contribution in [1.29, 1.82) is 0 Å². The van der Waals surface area contributed by atoms with Crippen molar-refractivity contribution in [3.8, 4) is 0 Å². The third-order valence-corrected chi connectivity index (χ3v) is 5.02. The third kappa shape index (κ3) is 4.29. The van der Waals surface area contributed by atoms with Crippen molar-refractivity contribution in [2.75, 3.05) is 6.54 Å². The number of nitrogens with one attached hydrogen (secondary N) is 1. The first-order chi connectivity index (χ1) is 10.2. The fraction of sp³-hybridized carbons (Fsp3) is 0.684. The van der Waals surface area contributed by atoms with Gasteiger partial charge >= 0.3 is 0 Å². The second kappa shape index (κ2) is 7.93. The highest BCUT2D eigenvalue weighted by molar-refractivity contribution is 5.27. The zero-order valence-corrected chi connectivity index (χ0v) is 13.8. The van der Waals surface area contributed by atoms with Gasteiger partial charge in [0.1, 0.15) is 5.82 Å². The van der Waals surface area contributed by atoms with E-state index in [1.807, 2.05) is 19.1 Å². The molecule has 0 amide bonds. The summed E-state index contributed by atoms with van der Waals surface area (Å²) in [6.07, 6.45) is 8.02. The van der Waals surface area contributed by atoms with E-state index < -0.39 is 0 Å². The minimum Gasteiger partial charge on any atom is -0.310 e. The predicted octanol–water partition coefficient (Wildman–Crippen LogP) is 5.39. The predicted molar refractivity (Wildman–Crippen MR) is 87.9 cm³/mol. The van der Waals surface area contributed by atoms with Gasteiger partial charge in [0, 0.05) is 6.04 Å². The van der Waals surface area contributed by atoms with E-state index in [2.05, 4.69) is 19.2 Å². The van der Waals surface area contributed by atoms with Gasteiger partial charge in [0.05, 0.1) is 0 Å². The molecule has 0 radical (unpaired) electrons. The fourth-order valence-corrected chi connectivity index (χ4v) is 3.86. The van der Waals surface area contributed by atoms with Crippen molar-refractivity contribution < 1.29 is 4.39 Å². The highest BCUT2D eigenvalue weighted by atomic mass is 19.1. The van der Waals surface area contributed by atoms with Crippen molar-refractivity contribution in [1.82, 2.24) is 5.32 Å². The Bertz CT molecular complexity index is 435. The first-order valence-electron chi connectivity index (χ1n) is 8.65. The molecule has 2 rings (SSSR count). The first-order valence-corrected chi connectivity index (χ1v) is 8.65. The minimum absolute atomic E-state index is 0.0966. The molecule has 21 heavy (non-hydrogen) atoms. The normalized spacial score (nSPS) is 24.0. The summed E-state index contributed by atoms with van der Waals surface area (Å²) >= 11 is 0. The number of benzene rings is 1. The van der Waals surface area contributed by atoms with Crippen molar-refractivity contribution in [3.05, 3.63) is 35.1 Å². The molecule has 1 aliphatic carbocycles. The SMILES string of the molecule is CCCC1CCC(C(NCC)c2ccc(F)c(C)c2)CC1. The number of hydrogen-bond donors (Lipinski definition) is 1. The van der Waals surface area contributed by atoms with Crippen LogP contribution in [0.5, 0.6) is 0 Å². The zero-order valence-electron chi connectivity index (χ0n) is 13.8. The molecule has 2 heteroatoms. The van der Waals surface area contributed by atoms with Gasteiger partial charge in [-0.15, -0.1) is 0 Å². The summed E-state index contributed by atoms with van der Waals surface area (Å²) in [5, 5.41) is 3.64. The molecule has 1 atom stereocenters. The second-order valence-corrected chi connectivity index (χ2v) is 6.61. The summed E-state index contributed by atoms with van der Waals surface area (Å²) in [4.78, 5) is 0. The molecule has 1 fully saturated rings. The van der Waals surface area contributed by atoms with Gasteiger partial charge in [0.2, 0.25) is 0 Å². The van der Waals surface area contributed by atoms with E-state index in [9.17, 15) is 4.39 Å². The highest BCUT2D eigenvalue weighted by Gasteiger charge is 2.28. The largest absolute Gasteiger partial charge is 0.310 e. The Balaban J connectivity index is 2.07. The lowest BCUT2D eigenvalue weighted by Crippen LogP contribution is -2.31. The average Bonchev–Trinajstić information content (AvgIpc) is 2.49. The summed E-state index contributed by atoms with van der Waals surface area (Å²) in [6, 6.07) is 6.00. The lowest BCUT2D eigenvalue weighted by atomic mass is 9.75. The van der Waals surface area contributed by atoms with E-state index in [1.54, 1.807) is 6.07 Å². The van der Waals surface area contributed by atoms with Crippen molar-refractivity contribution in [2.24, 2.45) is 11.8 Å². The summed E-state index contributed by atoms with van der Waals surface area (Å²) in [5.41, 5.74) is 2.02. The van der Waals surface area contributed by atoms with Gasteiger partial charge in [0.15, 0.2) is 0 Å². The number of rotatable bonds is 6. The molecule has 1 nitrogen and oxygen atoms in total. The fourth-order valence-electron chi connectivity index (χ4n) is 3.86. The summed E-state index contributed by atoms with van der Waals surface area (Å²) in [7, 11) is 0. The van der Waals surface area contributed by atoms with E-state index in [0.29, 0.717) is 12.0 Å². The third-order valence-electron chi connectivity index (χ3n) is 5.02. The Kier molecular flexibility index (Phi) is 6.22. The number of hydrogen-bond acceptors (Lipinski definition) is 1. The Morgan fingerprint density at radius 2 is 1.90 bits per heavy atom. The van der Waals surface area contributed by atoms with Crippen LogP contribution in [0.2, 0.25) is 0 Å². The first kappa shape index (κ1) is 16.5. The molecule has 1 unspecified atom stereocenters. The van der Waals surface area contributed by atoms with Gasteiger partial charge in [-0.3, -0.25) is 0 Å². The van der Waals surface area contributed by atoms with Crippen LogP contribution in [0.25, 0.3) is 0 Å². The standard InChI is InChI=1S/C19H30FN/c1-4-6-15-7-9-16(10-8-15)19(21-5-2)17-11-12-18(20)14(3)13-17/h11-13,15-16,19,21H,4-10H2,1-3H3. The maximum atomic E-state index is 13.5. The molecule has 118 valence electrons. The molecular weight excluding hydrogens is 261 g/mol. The smallest absolute Gasteiger partial charge is 0.126 e. The van der Waals surface area contributed by atoms with Gasteiger partial charge in [0.25, 0.3) is 0 Å². The van der Waals surface area contributed by atoms with Crippen LogP contribution in [0.4, 0.5) is 4.39 Å². The van der Waals surface area contributed by atoms with Crippen LogP contribution >= 0.6 is 0 Å². The summed E-state index contributed by atoms with van der Waals surface area (Å²) in [6.45, 7) is 7.27. The van der Waals surface area contributed by atoms with Crippen LogP contribution < -0.4 is 5.32 Å². The maximum Gasteiger partial charge on any atom is 0.126 e. The molecule has 0 bridgehead atoms. The van der Waals surface area contributed by atoms with Gasteiger partial charge in [-0.1, -0.05) is 51.7 Å². The lowest BCUT2D eigenvalue weighted by molar-refractivity contribution is 0.215. The molecule has 1 N–H and O–H groups in total. The summed E-state index contributed by atoms with van der Waals surface area (Å²) < 4.78 is 13.5. The topological polar surface area (TPSA) is 12.0 Å². The number of halogens is 1. The van der Waals surface area contributed by atoms with Crippen molar-refractivity contribution in [3.63, 3.8) is 0 Å². The lowest BCUT2D eigenvalue weighted by Gasteiger charge is -2.34. The maximum absolute atomic E-state index is 13.5. The van der Waals surface area contributed by atoms with Crippen LogP contribution in [0, 0.1) is 24.6 Å². The van der Waals surface area contributed by atoms with Crippen LogP contribution in [0.15, 0.2) is 18.2 Å². The molecule has 1 aromatic rings. The molecular formula is C19H30FN. The van der Waals surface area contributed by atoms with E-state index in [4.69, 9.17) is 0 Å². The van der Waals surface area contributed by atoms with Gasteiger partial charge < -0.3 is 5.32 Å². The van der Waals surface area contributed by atoms with Crippen LogP contribution in [0.3, 0.4) is 0 Å². The van der Waals surface area contributed by atoms with Crippen LogP contribution in [0.1, 0.15) is 69.5 Å². The molecule has 0 heterocycles. The quantitative estimate of drug-likeness (QED) is 0.741. The molecule has 1 saturated carbocycles. The van der Waals surface area contributed by atoms with E-state index >= 15 is 0 Å². The average molecular weight is 291 g/mol. The minimum atomic E-state index is -0.0966. The summed E-state index contributed by atoms with van der Waals surface area (Å²) in [5.74, 6) is 1.53. The Labute approximate surface area is 129 Å². The van der Waals surface area contributed by atoms with Gasteiger partial charge in [-0.05, 0) is 55.3 Å². The van der Waals surface area contributed by atoms with Gasteiger partial charge in [-0.25, -0.2) is 4.39 Å². The molecule has 1 aliphatic rings. The van der Waals surface area contributed by atoms with Crippen molar-refractivity contribution >= 4 is 0 Å². The van der Waals surface area contributed by atoms with Crippen LogP contribution in [-0.2, 0) is 0 Å². The van der Waals surface area contributed by atoms with Gasteiger partial charge in [-0.2, -0.15) is 0 Å². The van der Waals surface area contributed by atoms with E-state index in [0.717, 1.165) is 18.0 Å². The molecule has 1 aromatic carbocycles. The Hall–Kier alpha value is -0.890. The van der Waals surface area contributed by atoms with E-state index in [1.165, 1.54) is 44.1 Å². The van der Waals surface area contributed by atoms with E-state index in [-0.39, 0.29) is 5.82 Å². The number of aryl methyl sites for hydroxylation is 1. The monoisotopic (exact) mass is 291 g/mol. The highest BCUT2D eigenvalue weighted by Crippen LogP contribution is 2.38. The van der Waals surface area contributed by atoms with Crippen molar-refractivity contribution in [2.45, 2.75) is 65.3 Å². The molecule has 0 saturated heterocycles. The molecule has 0 aromatic heterocycles. The zero-order chi connectivity index (χ0) is 15.2. The Morgan fingerprint density at radius 3 is 2.48 bits per heavy atom. The molecule has 0 spiro atoms. The second-order valence-electron chi connectivity index (χ2n) is 6.61. The Morgan fingerprint density at radius 1 is 1.19 bits per heavy atom.